The van der Waals surface area contributed by atoms with Crippen molar-refractivity contribution in [2.45, 2.75) is 18.2 Å². The van der Waals surface area contributed by atoms with Crippen LogP contribution in [0.15, 0.2) is 15.6 Å². The molecule has 0 atom stereocenters. The van der Waals surface area contributed by atoms with Crippen LogP contribution in [-0.2, 0) is 9.53 Å². The predicted octanol–water partition coefficient (Wildman–Crippen LogP) is 3.52. The van der Waals surface area contributed by atoms with E-state index in [0.717, 1.165) is 7.11 Å². The summed E-state index contributed by atoms with van der Waals surface area (Å²) in [4.78, 5) is 11.2. The summed E-state index contributed by atoms with van der Waals surface area (Å²) in [5, 5.41) is 0. The highest BCUT2D eigenvalue weighted by molar-refractivity contribution is 8.03. The number of carbonyl (C=O) groups excluding carboxylic acids is 1. The molecule has 108 valence electrons. The Kier molecular flexibility index (Phi) is 3.94. The maximum absolute atomic E-state index is 13.6. The van der Waals surface area contributed by atoms with Gasteiger partial charge in [0, 0.05) is 4.91 Å². The fourth-order valence-electron chi connectivity index (χ4n) is 1.58. The van der Waals surface area contributed by atoms with Gasteiger partial charge in [-0.25, -0.2) is 18.0 Å². The third kappa shape index (κ3) is 2.13. The zero-order chi connectivity index (χ0) is 15.0. The van der Waals surface area contributed by atoms with Gasteiger partial charge in [0.1, 0.15) is 0 Å². The van der Waals surface area contributed by atoms with E-state index in [0.29, 0.717) is 11.8 Å². The van der Waals surface area contributed by atoms with Gasteiger partial charge in [0.15, 0.2) is 17.4 Å². The van der Waals surface area contributed by atoms with Crippen molar-refractivity contribution in [1.82, 2.24) is 0 Å². The molecule has 20 heavy (non-hydrogen) atoms. The lowest BCUT2D eigenvalue weighted by Gasteiger charge is -2.22. The molecular weight excluding hydrogens is 300 g/mol. The zero-order valence-corrected chi connectivity index (χ0v) is 11.2. The molecule has 0 radical (unpaired) electrons. The number of esters is 1. The summed E-state index contributed by atoms with van der Waals surface area (Å²) in [6, 6.07) is 0. The van der Waals surface area contributed by atoms with Crippen LogP contribution in [0, 0.1) is 23.3 Å². The Labute approximate surface area is 115 Å². The Morgan fingerprint density at radius 3 is 2.30 bits per heavy atom. The minimum Gasteiger partial charge on any atom is -0.463 e. The Balaban J connectivity index is 2.62. The summed E-state index contributed by atoms with van der Waals surface area (Å²) in [5.41, 5.74) is 0. The molecule has 3 nitrogen and oxygen atoms in total. The lowest BCUT2D eigenvalue weighted by atomic mass is 10.2. The Morgan fingerprint density at radius 1 is 1.15 bits per heavy atom. The van der Waals surface area contributed by atoms with E-state index in [2.05, 4.69) is 4.74 Å². The van der Waals surface area contributed by atoms with Crippen molar-refractivity contribution < 1.29 is 31.8 Å². The number of benzene rings is 1. The minimum absolute atomic E-state index is 0.230. The van der Waals surface area contributed by atoms with E-state index in [4.69, 9.17) is 4.74 Å². The standard InChI is InChI=1S/C12H8F4O3S/c1-3-4-9(12(17)18-2)19-10-7(15)5(13)6(14)8(16)11(10)20-4/h3H2,1-2H3. The fraction of sp³-hybridized carbons (Fsp3) is 0.250. The first kappa shape index (κ1) is 14.7. The molecule has 1 aromatic rings. The van der Waals surface area contributed by atoms with Gasteiger partial charge in [-0.3, -0.25) is 0 Å². The Bertz CT molecular complexity index is 628. The molecule has 0 amide bonds. The molecule has 1 heterocycles. The molecule has 1 aliphatic rings. The molecule has 0 N–H and O–H groups in total. The summed E-state index contributed by atoms with van der Waals surface area (Å²) in [7, 11) is 1.08. The van der Waals surface area contributed by atoms with Gasteiger partial charge in [-0.05, 0) is 6.42 Å². The van der Waals surface area contributed by atoms with E-state index in [1.54, 1.807) is 6.92 Å². The summed E-state index contributed by atoms with van der Waals surface area (Å²) in [5.74, 6) is -9.30. The van der Waals surface area contributed by atoms with Crippen LogP contribution in [0.1, 0.15) is 13.3 Å². The summed E-state index contributed by atoms with van der Waals surface area (Å²) in [6.45, 7) is 1.63. The number of fused-ring (bicyclic) bond motifs is 1. The maximum Gasteiger partial charge on any atom is 0.374 e. The van der Waals surface area contributed by atoms with Crippen molar-refractivity contribution in [3.8, 4) is 5.75 Å². The molecule has 0 aliphatic carbocycles. The van der Waals surface area contributed by atoms with Crippen LogP contribution in [0.5, 0.6) is 5.75 Å². The van der Waals surface area contributed by atoms with Crippen molar-refractivity contribution in [2.24, 2.45) is 0 Å². The normalized spacial score (nSPS) is 13.9. The van der Waals surface area contributed by atoms with Crippen molar-refractivity contribution in [3.05, 3.63) is 33.9 Å². The lowest BCUT2D eigenvalue weighted by molar-refractivity contribution is -0.138. The number of hydrogen-bond donors (Lipinski definition) is 0. The molecule has 1 aliphatic heterocycles. The molecule has 0 saturated heterocycles. The molecule has 0 unspecified atom stereocenters. The number of methoxy groups -OCH3 is 1. The van der Waals surface area contributed by atoms with Crippen molar-refractivity contribution in [1.29, 1.82) is 0 Å². The van der Waals surface area contributed by atoms with Crippen LogP contribution in [0.3, 0.4) is 0 Å². The van der Waals surface area contributed by atoms with Crippen LogP contribution >= 0.6 is 11.8 Å². The average Bonchev–Trinajstić information content (AvgIpc) is 2.48. The third-order valence-electron chi connectivity index (χ3n) is 2.56. The number of ether oxygens (including phenoxy) is 2. The summed E-state index contributed by atoms with van der Waals surface area (Å²) < 4.78 is 62.9. The van der Waals surface area contributed by atoms with E-state index < -0.39 is 39.9 Å². The van der Waals surface area contributed by atoms with Crippen LogP contribution in [0.2, 0.25) is 0 Å². The molecule has 8 heteroatoms. The highest BCUT2D eigenvalue weighted by Gasteiger charge is 2.34. The first-order chi connectivity index (χ1) is 9.42. The fourth-order valence-corrected chi connectivity index (χ4v) is 2.59. The summed E-state index contributed by atoms with van der Waals surface area (Å²) >= 11 is 0.605. The van der Waals surface area contributed by atoms with Crippen molar-refractivity contribution in [2.75, 3.05) is 7.11 Å². The number of allylic oxidation sites excluding steroid dienone is 1. The number of carbonyl (C=O) groups is 1. The van der Waals surface area contributed by atoms with Crippen LogP contribution in [0.25, 0.3) is 0 Å². The third-order valence-corrected chi connectivity index (χ3v) is 3.85. The maximum atomic E-state index is 13.6. The molecular formula is C12H8F4O3S. The van der Waals surface area contributed by atoms with E-state index >= 15 is 0 Å². The Morgan fingerprint density at radius 2 is 1.75 bits per heavy atom. The first-order valence-corrected chi connectivity index (χ1v) is 6.27. The van der Waals surface area contributed by atoms with Crippen LogP contribution in [0.4, 0.5) is 17.6 Å². The monoisotopic (exact) mass is 308 g/mol. The molecule has 0 bridgehead atoms. The van der Waals surface area contributed by atoms with Gasteiger partial charge in [0.2, 0.25) is 17.4 Å². The second kappa shape index (κ2) is 5.35. The highest BCUT2D eigenvalue weighted by Crippen LogP contribution is 2.47. The first-order valence-electron chi connectivity index (χ1n) is 5.45. The SMILES string of the molecule is CCC1=C(C(=O)OC)Oc2c(F)c(F)c(F)c(F)c2S1. The van der Waals surface area contributed by atoms with Gasteiger partial charge in [-0.15, -0.1) is 0 Å². The van der Waals surface area contributed by atoms with E-state index in [1.807, 2.05) is 0 Å². The average molecular weight is 308 g/mol. The number of thioether (sulfide) groups is 1. The second-order valence-corrected chi connectivity index (χ2v) is 4.82. The second-order valence-electron chi connectivity index (χ2n) is 3.72. The van der Waals surface area contributed by atoms with Crippen LogP contribution in [-0.4, -0.2) is 13.1 Å². The zero-order valence-electron chi connectivity index (χ0n) is 10.4. The molecule has 0 aromatic heterocycles. The van der Waals surface area contributed by atoms with E-state index in [9.17, 15) is 22.4 Å². The lowest BCUT2D eigenvalue weighted by Crippen LogP contribution is -2.18. The van der Waals surface area contributed by atoms with E-state index in [-0.39, 0.29) is 17.1 Å². The quantitative estimate of drug-likeness (QED) is 0.362. The number of halogens is 4. The van der Waals surface area contributed by atoms with E-state index in [1.165, 1.54) is 0 Å². The van der Waals surface area contributed by atoms with Gasteiger partial charge in [-0.2, -0.15) is 4.39 Å². The topological polar surface area (TPSA) is 35.5 Å². The van der Waals surface area contributed by atoms with Crippen molar-refractivity contribution >= 4 is 17.7 Å². The van der Waals surface area contributed by atoms with Crippen LogP contribution < -0.4 is 4.74 Å². The van der Waals surface area contributed by atoms with Crippen molar-refractivity contribution in [3.63, 3.8) is 0 Å². The summed E-state index contributed by atoms with van der Waals surface area (Å²) in [6.07, 6.45) is 0.245. The van der Waals surface area contributed by atoms with Gasteiger partial charge in [0.25, 0.3) is 0 Å². The highest BCUT2D eigenvalue weighted by atomic mass is 32.2. The molecule has 0 spiro atoms. The molecule has 2 rings (SSSR count). The number of rotatable bonds is 2. The van der Waals surface area contributed by atoms with Gasteiger partial charge in [0.05, 0.1) is 12.0 Å². The largest absolute Gasteiger partial charge is 0.463 e. The molecule has 0 saturated carbocycles. The van der Waals surface area contributed by atoms with Gasteiger partial charge in [-0.1, -0.05) is 18.7 Å². The minimum atomic E-state index is -1.99. The van der Waals surface area contributed by atoms with Gasteiger partial charge < -0.3 is 9.47 Å². The molecule has 0 fully saturated rings. The smallest absolute Gasteiger partial charge is 0.374 e. The predicted molar refractivity (Wildman–Crippen MR) is 62.1 cm³/mol. The van der Waals surface area contributed by atoms with Gasteiger partial charge >= 0.3 is 5.97 Å². The Hall–Kier alpha value is -1.70. The number of hydrogen-bond acceptors (Lipinski definition) is 4. The molecule has 1 aromatic carbocycles.